The molecule has 5 heteroatoms. The van der Waals surface area contributed by atoms with Gasteiger partial charge >= 0.3 is 0 Å². The van der Waals surface area contributed by atoms with Crippen molar-refractivity contribution >= 4 is 21.8 Å². The second-order valence-corrected chi connectivity index (χ2v) is 5.69. The molecule has 1 aromatic heterocycles. The van der Waals surface area contributed by atoms with Gasteiger partial charge in [-0.2, -0.15) is 5.10 Å². The molecule has 1 amide bonds. The molecule has 2 rings (SSSR count). The van der Waals surface area contributed by atoms with Crippen molar-refractivity contribution in [2.75, 3.05) is 0 Å². The van der Waals surface area contributed by atoms with Crippen LogP contribution < -0.4 is 5.32 Å². The number of halogens is 1. The molecule has 0 spiro atoms. The zero-order valence-corrected chi connectivity index (χ0v) is 13.5. The van der Waals surface area contributed by atoms with Crippen LogP contribution in [0, 0.1) is 6.92 Å². The van der Waals surface area contributed by atoms with Crippen LogP contribution in [-0.4, -0.2) is 15.7 Å². The molecule has 2 aromatic rings. The van der Waals surface area contributed by atoms with Gasteiger partial charge in [-0.15, -0.1) is 0 Å². The molecule has 1 heterocycles. The van der Waals surface area contributed by atoms with Crippen molar-refractivity contribution in [3.05, 3.63) is 51.3 Å². The number of aryl methyl sites for hydroxylation is 3. The van der Waals surface area contributed by atoms with E-state index in [1.165, 1.54) is 0 Å². The summed E-state index contributed by atoms with van der Waals surface area (Å²) < 4.78 is 2.69. The van der Waals surface area contributed by atoms with E-state index < -0.39 is 0 Å². The highest BCUT2D eigenvalue weighted by Crippen LogP contribution is 2.16. The van der Waals surface area contributed by atoms with Crippen molar-refractivity contribution in [1.82, 2.24) is 15.1 Å². The van der Waals surface area contributed by atoms with Gasteiger partial charge in [0.2, 0.25) is 0 Å². The van der Waals surface area contributed by atoms with E-state index in [2.05, 4.69) is 33.3 Å². The summed E-state index contributed by atoms with van der Waals surface area (Å²) in [7, 11) is 1.89. The molecule has 0 fully saturated rings. The molecular formula is C15H18BrN3O. The minimum Gasteiger partial charge on any atom is -0.348 e. The number of amides is 1. The highest BCUT2D eigenvalue weighted by Gasteiger charge is 2.11. The second kappa shape index (κ2) is 6.22. The Labute approximate surface area is 127 Å². The van der Waals surface area contributed by atoms with Crippen LogP contribution >= 0.6 is 15.9 Å². The van der Waals surface area contributed by atoms with Crippen LogP contribution in [0.5, 0.6) is 0 Å². The van der Waals surface area contributed by atoms with Gasteiger partial charge in [0.15, 0.2) is 0 Å². The zero-order chi connectivity index (χ0) is 14.7. The third kappa shape index (κ3) is 3.28. The average molecular weight is 336 g/mol. The lowest BCUT2D eigenvalue weighted by Crippen LogP contribution is -2.24. The van der Waals surface area contributed by atoms with Gasteiger partial charge in [-0.25, -0.2) is 0 Å². The normalized spacial score (nSPS) is 10.6. The van der Waals surface area contributed by atoms with Crippen molar-refractivity contribution in [3.8, 4) is 0 Å². The van der Waals surface area contributed by atoms with E-state index in [-0.39, 0.29) is 5.91 Å². The summed E-state index contributed by atoms with van der Waals surface area (Å²) in [4.78, 5) is 12.2. The van der Waals surface area contributed by atoms with Crippen LogP contribution in [-0.2, 0) is 20.0 Å². The standard InChI is InChI=1S/C15H18BrN3O/c1-4-14-11(9-19(3)18-14)8-17-15(20)13-7-12(16)6-5-10(13)2/h5-7,9H,4,8H2,1-3H3,(H,17,20). The third-order valence-corrected chi connectivity index (χ3v) is 3.70. The van der Waals surface area contributed by atoms with Crippen LogP contribution in [0.1, 0.15) is 34.1 Å². The van der Waals surface area contributed by atoms with Gasteiger partial charge < -0.3 is 5.32 Å². The van der Waals surface area contributed by atoms with Crippen LogP contribution in [0.2, 0.25) is 0 Å². The number of aromatic nitrogens is 2. The topological polar surface area (TPSA) is 46.9 Å². The summed E-state index contributed by atoms with van der Waals surface area (Å²) in [6.07, 6.45) is 2.81. The molecule has 0 unspecified atom stereocenters. The lowest BCUT2D eigenvalue weighted by Gasteiger charge is -2.08. The number of hydrogen-bond acceptors (Lipinski definition) is 2. The molecule has 1 aromatic carbocycles. The minimum absolute atomic E-state index is 0.0605. The molecule has 0 saturated carbocycles. The van der Waals surface area contributed by atoms with E-state index in [4.69, 9.17) is 0 Å². The predicted molar refractivity (Wildman–Crippen MR) is 82.6 cm³/mol. The van der Waals surface area contributed by atoms with Crippen molar-refractivity contribution < 1.29 is 4.79 Å². The van der Waals surface area contributed by atoms with Crippen molar-refractivity contribution in [2.45, 2.75) is 26.8 Å². The molecule has 0 saturated heterocycles. The Morgan fingerprint density at radius 3 is 2.90 bits per heavy atom. The SMILES string of the molecule is CCc1nn(C)cc1CNC(=O)c1cc(Br)ccc1C. The molecule has 20 heavy (non-hydrogen) atoms. The van der Waals surface area contributed by atoms with Crippen LogP contribution in [0.3, 0.4) is 0 Å². The molecule has 0 aliphatic carbocycles. The largest absolute Gasteiger partial charge is 0.348 e. The first-order chi connectivity index (χ1) is 9.51. The van der Waals surface area contributed by atoms with Gasteiger partial charge in [0, 0.05) is 35.4 Å². The number of nitrogens with one attached hydrogen (secondary N) is 1. The lowest BCUT2D eigenvalue weighted by atomic mass is 10.1. The van der Waals surface area contributed by atoms with E-state index in [0.717, 1.165) is 27.7 Å². The fraction of sp³-hybridized carbons (Fsp3) is 0.333. The first-order valence-electron chi connectivity index (χ1n) is 6.57. The van der Waals surface area contributed by atoms with E-state index in [1.54, 1.807) is 4.68 Å². The predicted octanol–water partition coefficient (Wildman–Crippen LogP) is 2.98. The first kappa shape index (κ1) is 14.8. The quantitative estimate of drug-likeness (QED) is 0.933. The molecule has 0 radical (unpaired) electrons. The van der Waals surface area contributed by atoms with Gasteiger partial charge in [-0.1, -0.05) is 28.9 Å². The minimum atomic E-state index is -0.0605. The molecule has 0 bridgehead atoms. The Bertz CT molecular complexity index is 634. The molecule has 1 N–H and O–H groups in total. The molecule has 4 nitrogen and oxygen atoms in total. The fourth-order valence-electron chi connectivity index (χ4n) is 2.14. The van der Waals surface area contributed by atoms with Gasteiger partial charge in [0.25, 0.3) is 5.91 Å². The average Bonchev–Trinajstić information content (AvgIpc) is 2.79. The maximum Gasteiger partial charge on any atom is 0.251 e. The summed E-state index contributed by atoms with van der Waals surface area (Å²) in [5.41, 5.74) is 3.75. The smallest absolute Gasteiger partial charge is 0.251 e. The zero-order valence-electron chi connectivity index (χ0n) is 11.9. The number of carbonyl (C=O) groups is 1. The van der Waals surface area contributed by atoms with Gasteiger partial charge in [0.1, 0.15) is 0 Å². The van der Waals surface area contributed by atoms with Gasteiger partial charge in [0.05, 0.1) is 5.69 Å². The number of nitrogens with zero attached hydrogens (tertiary/aromatic N) is 2. The number of carbonyl (C=O) groups excluding carboxylic acids is 1. The van der Waals surface area contributed by atoms with Gasteiger partial charge in [-0.3, -0.25) is 9.48 Å². The summed E-state index contributed by atoms with van der Waals surface area (Å²) >= 11 is 3.39. The summed E-state index contributed by atoms with van der Waals surface area (Å²) in [6, 6.07) is 5.71. The monoisotopic (exact) mass is 335 g/mol. The number of rotatable bonds is 4. The van der Waals surface area contributed by atoms with Crippen molar-refractivity contribution in [1.29, 1.82) is 0 Å². The third-order valence-electron chi connectivity index (χ3n) is 3.21. The highest BCUT2D eigenvalue weighted by atomic mass is 79.9. The Morgan fingerprint density at radius 1 is 1.45 bits per heavy atom. The lowest BCUT2D eigenvalue weighted by molar-refractivity contribution is 0.0950. The molecule has 0 aliphatic rings. The Hall–Kier alpha value is -1.62. The Balaban J connectivity index is 2.10. The Kier molecular flexibility index (Phi) is 4.60. The van der Waals surface area contributed by atoms with Crippen LogP contribution in [0.25, 0.3) is 0 Å². The van der Waals surface area contributed by atoms with Crippen molar-refractivity contribution in [2.24, 2.45) is 7.05 Å². The number of hydrogen-bond donors (Lipinski definition) is 1. The maximum absolute atomic E-state index is 12.2. The van der Waals surface area contributed by atoms with E-state index in [0.29, 0.717) is 12.1 Å². The van der Waals surface area contributed by atoms with Crippen LogP contribution in [0.15, 0.2) is 28.9 Å². The van der Waals surface area contributed by atoms with Crippen LogP contribution in [0.4, 0.5) is 0 Å². The molecule has 0 aliphatic heterocycles. The summed E-state index contributed by atoms with van der Waals surface area (Å²) in [5, 5.41) is 7.33. The number of benzene rings is 1. The summed E-state index contributed by atoms with van der Waals surface area (Å²) in [5.74, 6) is -0.0605. The Morgan fingerprint density at radius 2 is 2.20 bits per heavy atom. The van der Waals surface area contributed by atoms with E-state index in [1.807, 2.05) is 38.4 Å². The fourth-order valence-corrected chi connectivity index (χ4v) is 2.50. The first-order valence-corrected chi connectivity index (χ1v) is 7.36. The molecule has 0 atom stereocenters. The summed E-state index contributed by atoms with van der Waals surface area (Å²) in [6.45, 7) is 4.50. The molecular weight excluding hydrogens is 318 g/mol. The van der Waals surface area contributed by atoms with Crippen molar-refractivity contribution in [3.63, 3.8) is 0 Å². The van der Waals surface area contributed by atoms with E-state index in [9.17, 15) is 4.79 Å². The maximum atomic E-state index is 12.2. The second-order valence-electron chi connectivity index (χ2n) is 4.77. The highest BCUT2D eigenvalue weighted by molar-refractivity contribution is 9.10. The van der Waals surface area contributed by atoms with Gasteiger partial charge in [-0.05, 0) is 31.0 Å². The van der Waals surface area contributed by atoms with E-state index >= 15 is 0 Å². The molecule has 106 valence electrons.